The average molecular weight is 477 g/mol. The first kappa shape index (κ1) is 22.6. The number of hydrogen-bond donors (Lipinski definition) is 0. The van der Waals surface area contributed by atoms with Gasteiger partial charge in [-0.3, -0.25) is 4.79 Å². The molecule has 176 valence electrons. The van der Waals surface area contributed by atoms with Crippen molar-refractivity contribution in [1.82, 2.24) is 4.90 Å². The van der Waals surface area contributed by atoms with Gasteiger partial charge >= 0.3 is 0 Å². The molecule has 0 N–H and O–H groups in total. The summed E-state index contributed by atoms with van der Waals surface area (Å²) in [4.78, 5) is 17.2. The van der Waals surface area contributed by atoms with E-state index in [9.17, 15) is 4.79 Å². The van der Waals surface area contributed by atoms with E-state index in [0.29, 0.717) is 25.3 Å². The first-order chi connectivity index (χ1) is 16.4. The molecule has 1 fully saturated rings. The summed E-state index contributed by atoms with van der Waals surface area (Å²) in [6.45, 7) is 7.55. The number of benzene rings is 3. The third kappa shape index (κ3) is 4.85. The van der Waals surface area contributed by atoms with Crippen molar-refractivity contribution in [1.29, 1.82) is 0 Å². The normalized spacial score (nSPS) is 16.7. The van der Waals surface area contributed by atoms with Crippen molar-refractivity contribution in [2.75, 3.05) is 31.1 Å². The molecule has 5 rings (SSSR count). The van der Waals surface area contributed by atoms with Crippen molar-refractivity contribution < 1.29 is 14.3 Å². The van der Waals surface area contributed by atoms with Gasteiger partial charge in [0.25, 0.3) is 5.91 Å². The Morgan fingerprint density at radius 3 is 2.47 bits per heavy atom. The summed E-state index contributed by atoms with van der Waals surface area (Å²) in [6, 6.07) is 21.6. The van der Waals surface area contributed by atoms with Crippen LogP contribution in [0, 0.1) is 0 Å². The predicted molar refractivity (Wildman–Crippen MR) is 135 cm³/mol. The van der Waals surface area contributed by atoms with Gasteiger partial charge < -0.3 is 19.3 Å². The zero-order valence-electron chi connectivity index (χ0n) is 19.6. The summed E-state index contributed by atoms with van der Waals surface area (Å²) in [5, 5.41) is 0.730. The van der Waals surface area contributed by atoms with E-state index >= 15 is 0 Å². The van der Waals surface area contributed by atoms with Gasteiger partial charge in [0, 0.05) is 54.4 Å². The van der Waals surface area contributed by atoms with E-state index in [1.165, 1.54) is 5.56 Å². The van der Waals surface area contributed by atoms with E-state index < -0.39 is 0 Å². The molecule has 0 aromatic heterocycles. The SMILES string of the molecule is CC1(C)Cc2cccc(OCc3ccc(C(=O)N4CCN(c5cccc(Cl)c5)CC4)cc3)c2O1. The fraction of sp³-hybridized carbons (Fsp3) is 0.321. The third-order valence-electron chi connectivity index (χ3n) is 6.39. The summed E-state index contributed by atoms with van der Waals surface area (Å²) in [7, 11) is 0. The molecule has 2 aliphatic rings. The maximum Gasteiger partial charge on any atom is 0.253 e. The molecular weight excluding hydrogens is 448 g/mol. The number of fused-ring (bicyclic) bond motifs is 1. The van der Waals surface area contributed by atoms with Gasteiger partial charge in [-0.25, -0.2) is 0 Å². The number of carbonyl (C=O) groups is 1. The molecule has 1 amide bonds. The maximum absolute atomic E-state index is 13.0. The van der Waals surface area contributed by atoms with Crippen LogP contribution in [0.15, 0.2) is 66.7 Å². The van der Waals surface area contributed by atoms with Crippen LogP contribution < -0.4 is 14.4 Å². The smallest absolute Gasteiger partial charge is 0.253 e. The first-order valence-electron chi connectivity index (χ1n) is 11.7. The largest absolute Gasteiger partial charge is 0.485 e. The van der Waals surface area contributed by atoms with Crippen LogP contribution in [-0.2, 0) is 13.0 Å². The van der Waals surface area contributed by atoms with Crippen LogP contribution in [0.4, 0.5) is 5.69 Å². The average Bonchev–Trinajstić information content (AvgIpc) is 3.17. The van der Waals surface area contributed by atoms with Gasteiger partial charge in [0.05, 0.1) is 0 Å². The molecule has 1 saturated heterocycles. The fourth-order valence-corrected chi connectivity index (χ4v) is 4.81. The number of nitrogens with zero attached hydrogens (tertiary/aromatic N) is 2. The molecule has 34 heavy (non-hydrogen) atoms. The Hall–Kier alpha value is -3.18. The third-order valence-corrected chi connectivity index (χ3v) is 6.63. The van der Waals surface area contributed by atoms with Gasteiger partial charge in [-0.2, -0.15) is 0 Å². The highest BCUT2D eigenvalue weighted by molar-refractivity contribution is 6.30. The standard InChI is InChI=1S/C28H29ClN2O3/c1-28(2)18-22-5-3-8-25(26(22)34-28)33-19-20-9-11-21(12-10-20)27(32)31-15-13-30(14-16-31)24-7-4-6-23(29)17-24/h3-12,17H,13-16,18-19H2,1-2H3. The highest BCUT2D eigenvalue weighted by Crippen LogP contribution is 2.42. The second-order valence-corrected chi connectivity index (χ2v) is 9.96. The van der Waals surface area contributed by atoms with E-state index in [0.717, 1.165) is 47.3 Å². The molecule has 2 aliphatic heterocycles. The van der Waals surface area contributed by atoms with E-state index in [4.69, 9.17) is 21.1 Å². The van der Waals surface area contributed by atoms with Gasteiger partial charge in [-0.15, -0.1) is 0 Å². The van der Waals surface area contributed by atoms with Crippen LogP contribution in [0.1, 0.15) is 35.3 Å². The number of ether oxygens (including phenoxy) is 2. The zero-order chi connectivity index (χ0) is 23.7. The summed E-state index contributed by atoms with van der Waals surface area (Å²) < 4.78 is 12.2. The molecule has 5 nitrogen and oxygen atoms in total. The molecule has 0 atom stereocenters. The van der Waals surface area contributed by atoms with E-state index in [1.807, 2.05) is 59.5 Å². The molecule has 6 heteroatoms. The Balaban J connectivity index is 1.17. The molecule has 0 saturated carbocycles. The van der Waals surface area contributed by atoms with Gasteiger partial charge in [0.15, 0.2) is 11.5 Å². The number of rotatable bonds is 5. The second-order valence-electron chi connectivity index (χ2n) is 9.53. The highest BCUT2D eigenvalue weighted by Gasteiger charge is 2.32. The lowest BCUT2D eigenvalue weighted by Gasteiger charge is -2.36. The van der Waals surface area contributed by atoms with Gasteiger partial charge in [0.1, 0.15) is 12.2 Å². The fourth-order valence-electron chi connectivity index (χ4n) is 4.63. The van der Waals surface area contributed by atoms with Crippen molar-refractivity contribution in [2.24, 2.45) is 0 Å². The summed E-state index contributed by atoms with van der Waals surface area (Å²) in [6.07, 6.45) is 0.879. The first-order valence-corrected chi connectivity index (χ1v) is 12.1. The number of hydrogen-bond acceptors (Lipinski definition) is 4. The maximum atomic E-state index is 13.0. The minimum atomic E-state index is -0.205. The van der Waals surface area contributed by atoms with Crippen LogP contribution in [0.2, 0.25) is 5.02 Å². The number of piperazine rings is 1. The topological polar surface area (TPSA) is 42.0 Å². The number of amides is 1. The molecular formula is C28H29ClN2O3. The van der Waals surface area contributed by atoms with Crippen molar-refractivity contribution in [3.05, 3.63) is 88.4 Å². The minimum absolute atomic E-state index is 0.0646. The second kappa shape index (κ2) is 9.22. The molecule has 0 aliphatic carbocycles. The van der Waals surface area contributed by atoms with Crippen LogP contribution >= 0.6 is 11.6 Å². The van der Waals surface area contributed by atoms with Crippen molar-refractivity contribution in [2.45, 2.75) is 32.5 Å². The molecule has 3 aromatic carbocycles. The quantitative estimate of drug-likeness (QED) is 0.481. The molecule has 0 spiro atoms. The summed E-state index contributed by atoms with van der Waals surface area (Å²) in [5.41, 5.74) is 3.78. The highest BCUT2D eigenvalue weighted by atomic mass is 35.5. The lowest BCUT2D eigenvalue weighted by molar-refractivity contribution is 0.0746. The lowest BCUT2D eigenvalue weighted by Crippen LogP contribution is -2.48. The van der Waals surface area contributed by atoms with Crippen molar-refractivity contribution >= 4 is 23.2 Å². The Bertz CT molecular complexity index is 1180. The Morgan fingerprint density at radius 2 is 1.74 bits per heavy atom. The Labute approximate surface area is 205 Å². The van der Waals surface area contributed by atoms with Crippen LogP contribution in [0.25, 0.3) is 0 Å². The Morgan fingerprint density at radius 1 is 1.00 bits per heavy atom. The molecule has 3 aromatic rings. The number of para-hydroxylation sites is 1. The predicted octanol–water partition coefficient (Wildman–Crippen LogP) is 5.59. The van der Waals surface area contributed by atoms with Gasteiger partial charge in [-0.05, 0) is 55.8 Å². The molecule has 0 radical (unpaired) electrons. The van der Waals surface area contributed by atoms with Gasteiger partial charge in [-0.1, -0.05) is 41.9 Å². The van der Waals surface area contributed by atoms with Crippen LogP contribution in [0.5, 0.6) is 11.5 Å². The monoisotopic (exact) mass is 476 g/mol. The summed E-state index contributed by atoms with van der Waals surface area (Å²) in [5.74, 6) is 1.67. The van der Waals surface area contributed by atoms with E-state index in [-0.39, 0.29) is 11.5 Å². The number of anilines is 1. The van der Waals surface area contributed by atoms with Crippen LogP contribution in [0.3, 0.4) is 0 Å². The zero-order valence-corrected chi connectivity index (χ0v) is 20.3. The minimum Gasteiger partial charge on any atom is -0.485 e. The van der Waals surface area contributed by atoms with Crippen LogP contribution in [-0.4, -0.2) is 42.6 Å². The molecule has 2 heterocycles. The number of halogens is 1. The Kier molecular flexibility index (Phi) is 6.13. The number of carbonyl (C=O) groups excluding carboxylic acids is 1. The molecule has 0 unspecified atom stereocenters. The van der Waals surface area contributed by atoms with E-state index in [1.54, 1.807) is 0 Å². The van der Waals surface area contributed by atoms with Gasteiger partial charge in [0.2, 0.25) is 0 Å². The summed E-state index contributed by atoms with van der Waals surface area (Å²) >= 11 is 6.12. The lowest BCUT2D eigenvalue weighted by atomic mass is 10.0. The van der Waals surface area contributed by atoms with Crippen molar-refractivity contribution in [3.8, 4) is 11.5 Å². The van der Waals surface area contributed by atoms with Crippen molar-refractivity contribution in [3.63, 3.8) is 0 Å². The van der Waals surface area contributed by atoms with E-state index in [2.05, 4.69) is 30.9 Å². The molecule has 0 bridgehead atoms.